The summed E-state index contributed by atoms with van der Waals surface area (Å²) in [7, 11) is 0. The zero-order chi connectivity index (χ0) is 17.2. The Labute approximate surface area is 140 Å². The van der Waals surface area contributed by atoms with Crippen LogP contribution >= 0.6 is 11.3 Å². The van der Waals surface area contributed by atoms with Gasteiger partial charge in [0, 0.05) is 5.41 Å². The molecule has 0 aliphatic rings. The van der Waals surface area contributed by atoms with Crippen molar-refractivity contribution in [3.8, 4) is 0 Å². The maximum atomic E-state index is 12.1. The van der Waals surface area contributed by atoms with E-state index in [1.807, 2.05) is 24.3 Å². The summed E-state index contributed by atoms with van der Waals surface area (Å²) in [6.07, 6.45) is -0.450. The summed E-state index contributed by atoms with van der Waals surface area (Å²) < 4.78 is 6.49. The average Bonchev–Trinajstić information content (AvgIpc) is 2.90. The molecule has 2 aromatic rings. The van der Waals surface area contributed by atoms with Crippen molar-refractivity contribution < 1.29 is 14.3 Å². The average molecular weight is 334 g/mol. The molecule has 124 valence electrons. The molecule has 0 saturated carbocycles. The highest BCUT2D eigenvalue weighted by molar-refractivity contribution is 7.18. The lowest BCUT2D eigenvalue weighted by molar-refractivity contribution is -0.152. The Bertz CT molecular complexity index is 685. The van der Waals surface area contributed by atoms with E-state index in [-0.39, 0.29) is 5.91 Å². The molecule has 0 fully saturated rings. The molecule has 2 atom stereocenters. The highest BCUT2D eigenvalue weighted by Crippen LogP contribution is 2.28. The van der Waals surface area contributed by atoms with Crippen LogP contribution < -0.4 is 5.32 Å². The Morgan fingerprint density at radius 1 is 1.22 bits per heavy atom. The quantitative estimate of drug-likeness (QED) is 0.870. The van der Waals surface area contributed by atoms with Gasteiger partial charge in [-0.3, -0.25) is 4.79 Å². The second-order valence-corrected chi connectivity index (χ2v) is 7.61. The van der Waals surface area contributed by atoms with Crippen molar-refractivity contribution in [2.75, 3.05) is 0 Å². The van der Waals surface area contributed by atoms with E-state index in [0.717, 1.165) is 15.2 Å². The number of carbonyl (C=O) groups is 2. The summed E-state index contributed by atoms with van der Waals surface area (Å²) >= 11 is 1.50. The van der Waals surface area contributed by atoms with Gasteiger partial charge in [-0.1, -0.05) is 32.9 Å². The Hall–Kier alpha value is -1.95. The molecule has 2 rings (SSSR count). The number of rotatable bonds is 4. The lowest BCUT2D eigenvalue weighted by Gasteiger charge is -2.22. The maximum absolute atomic E-state index is 12.1. The molecule has 0 saturated heterocycles. The number of aromatic nitrogens is 1. The topological polar surface area (TPSA) is 68.3 Å². The van der Waals surface area contributed by atoms with Crippen LogP contribution in [0.15, 0.2) is 24.3 Å². The second-order valence-electron chi connectivity index (χ2n) is 6.54. The van der Waals surface area contributed by atoms with Crippen molar-refractivity contribution in [2.45, 2.75) is 46.8 Å². The van der Waals surface area contributed by atoms with E-state index in [9.17, 15) is 9.59 Å². The van der Waals surface area contributed by atoms with Crippen LogP contribution in [-0.4, -0.2) is 22.9 Å². The number of para-hydroxylation sites is 1. The van der Waals surface area contributed by atoms with Gasteiger partial charge in [-0.2, -0.15) is 0 Å². The van der Waals surface area contributed by atoms with E-state index in [2.05, 4.69) is 10.3 Å². The summed E-state index contributed by atoms with van der Waals surface area (Å²) in [4.78, 5) is 28.5. The minimum Gasteiger partial charge on any atom is -0.454 e. The van der Waals surface area contributed by atoms with Crippen molar-refractivity contribution >= 4 is 33.4 Å². The molecule has 0 aliphatic heterocycles. The van der Waals surface area contributed by atoms with Gasteiger partial charge >= 0.3 is 5.97 Å². The van der Waals surface area contributed by atoms with Crippen LogP contribution in [0.4, 0.5) is 0 Å². The molecule has 5 nitrogen and oxygen atoms in total. The number of carbonyl (C=O) groups excluding carboxylic acids is 2. The first-order valence-electron chi connectivity index (χ1n) is 7.55. The number of esters is 1. The van der Waals surface area contributed by atoms with Crippen molar-refractivity contribution in [1.82, 2.24) is 10.3 Å². The normalized spacial score (nSPS) is 14.3. The Morgan fingerprint density at radius 3 is 2.48 bits per heavy atom. The predicted octanol–water partition coefficient (Wildman–Crippen LogP) is 3.45. The first-order valence-corrected chi connectivity index (χ1v) is 8.37. The van der Waals surface area contributed by atoms with E-state index in [0.29, 0.717) is 0 Å². The number of nitrogens with one attached hydrogen (secondary N) is 1. The molecule has 0 radical (unpaired) electrons. The molecule has 0 bridgehead atoms. The van der Waals surface area contributed by atoms with E-state index in [4.69, 9.17) is 4.74 Å². The van der Waals surface area contributed by atoms with Crippen LogP contribution in [0.1, 0.15) is 45.7 Å². The van der Waals surface area contributed by atoms with Gasteiger partial charge < -0.3 is 10.1 Å². The van der Waals surface area contributed by atoms with Crippen LogP contribution in [0.25, 0.3) is 10.2 Å². The van der Waals surface area contributed by atoms with Gasteiger partial charge in [-0.25, -0.2) is 9.78 Å². The smallest absolute Gasteiger partial charge is 0.329 e. The Morgan fingerprint density at radius 2 is 1.87 bits per heavy atom. The molecule has 2 unspecified atom stereocenters. The minimum absolute atomic E-state index is 0.186. The number of benzene rings is 1. The van der Waals surface area contributed by atoms with Crippen molar-refractivity contribution in [1.29, 1.82) is 0 Å². The SMILES string of the molecule is CC(NC(=O)C(C)(C)C)C(=O)OC(C)c1nc2ccccc2s1. The number of amides is 1. The first kappa shape index (κ1) is 17.4. The van der Waals surface area contributed by atoms with E-state index >= 15 is 0 Å². The Balaban J connectivity index is 2.00. The molecule has 1 aromatic heterocycles. The number of hydrogen-bond donors (Lipinski definition) is 1. The largest absolute Gasteiger partial charge is 0.454 e. The summed E-state index contributed by atoms with van der Waals surface area (Å²) in [5.41, 5.74) is 0.345. The molecular formula is C17H22N2O3S. The van der Waals surface area contributed by atoms with Gasteiger partial charge in [-0.05, 0) is 26.0 Å². The molecule has 0 spiro atoms. The number of fused-ring (bicyclic) bond motifs is 1. The van der Waals surface area contributed by atoms with E-state index in [1.165, 1.54) is 11.3 Å². The highest BCUT2D eigenvalue weighted by Gasteiger charge is 2.27. The van der Waals surface area contributed by atoms with Gasteiger partial charge in [0.2, 0.25) is 5.91 Å². The third kappa shape index (κ3) is 4.28. The van der Waals surface area contributed by atoms with Gasteiger partial charge in [0.05, 0.1) is 10.2 Å². The monoisotopic (exact) mass is 334 g/mol. The zero-order valence-corrected chi connectivity index (χ0v) is 14.9. The van der Waals surface area contributed by atoms with E-state index < -0.39 is 23.5 Å². The fraction of sp³-hybridized carbons (Fsp3) is 0.471. The number of ether oxygens (including phenoxy) is 1. The molecule has 1 amide bonds. The first-order chi connectivity index (χ1) is 10.7. The van der Waals surface area contributed by atoms with Crippen LogP contribution in [-0.2, 0) is 14.3 Å². The fourth-order valence-electron chi connectivity index (χ4n) is 1.86. The molecule has 6 heteroatoms. The molecule has 1 heterocycles. The van der Waals surface area contributed by atoms with Gasteiger partial charge in [0.25, 0.3) is 0 Å². The second kappa shape index (κ2) is 6.66. The lowest BCUT2D eigenvalue weighted by atomic mass is 9.95. The van der Waals surface area contributed by atoms with Gasteiger partial charge in [-0.15, -0.1) is 11.3 Å². The number of thiazole rings is 1. The van der Waals surface area contributed by atoms with Gasteiger partial charge in [0.15, 0.2) is 6.10 Å². The van der Waals surface area contributed by atoms with Crippen molar-refractivity contribution in [2.24, 2.45) is 5.41 Å². The third-order valence-electron chi connectivity index (χ3n) is 3.33. The summed E-state index contributed by atoms with van der Waals surface area (Å²) in [6, 6.07) is 7.09. The molecule has 1 N–H and O–H groups in total. The standard InChI is InChI=1S/C17H22N2O3S/c1-10(18-16(21)17(3,4)5)15(20)22-11(2)14-19-12-8-6-7-9-13(12)23-14/h6-11H,1-5H3,(H,18,21). The minimum atomic E-state index is -0.696. The number of hydrogen-bond acceptors (Lipinski definition) is 5. The van der Waals surface area contributed by atoms with Crippen LogP contribution in [0.3, 0.4) is 0 Å². The zero-order valence-electron chi connectivity index (χ0n) is 14.0. The molecule has 1 aromatic carbocycles. The summed E-state index contributed by atoms with van der Waals surface area (Å²) in [5.74, 6) is -0.649. The fourth-order valence-corrected chi connectivity index (χ4v) is 2.81. The van der Waals surface area contributed by atoms with Crippen molar-refractivity contribution in [3.63, 3.8) is 0 Å². The summed E-state index contributed by atoms with van der Waals surface area (Å²) in [6.45, 7) is 8.79. The van der Waals surface area contributed by atoms with Gasteiger partial charge in [0.1, 0.15) is 11.0 Å². The lowest BCUT2D eigenvalue weighted by Crippen LogP contribution is -2.44. The predicted molar refractivity (Wildman–Crippen MR) is 91.2 cm³/mol. The molecule has 23 heavy (non-hydrogen) atoms. The Kier molecular flexibility index (Phi) is 5.04. The van der Waals surface area contributed by atoms with E-state index in [1.54, 1.807) is 34.6 Å². The maximum Gasteiger partial charge on any atom is 0.329 e. The number of nitrogens with zero attached hydrogens (tertiary/aromatic N) is 1. The highest BCUT2D eigenvalue weighted by atomic mass is 32.1. The van der Waals surface area contributed by atoms with Crippen LogP contribution in [0.2, 0.25) is 0 Å². The molecule has 0 aliphatic carbocycles. The molecular weight excluding hydrogens is 312 g/mol. The van der Waals surface area contributed by atoms with Crippen molar-refractivity contribution in [3.05, 3.63) is 29.3 Å². The summed E-state index contributed by atoms with van der Waals surface area (Å²) in [5, 5.41) is 3.42. The van der Waals surface area contributed by atoms with Crippen LogP contribution in [0.5, 0.6) is 0 Å². The van der Waals surface area contributed by atoms with Crippen LogP contribution in [0, 0.1) is 5.41 Å². The third-order valence-corrected chi connectivity index (χ3v) is 4.53.